The summed E-state index contributed by atoms with van der Waals surface area (Å²) in [6.07, 6.45) is 1.73. The molecule has 29 heavy (non-hydrogen) atoms. The number of aliphatic hydroxyl groups is 1. The highest BCUT2D eigenvalue weighted by atomic mass is 32.2. The van der Waals surface area contributed by atoms with Crippen molar-refractivity contribution in [2.45, 2.75) is 49.7 Å². The van der Waals surface area contributed by atoms with Crippen LogP contribution in [0.1, 0.15) is 38.2 Å². The Kier molecular flexibility index (Phi) is 8.07. The zero-order chi connectivity index (χ0) is 20.9. The van der Waals surface area contributed by atoms with Gasteiger partial charge in [0, 0.05) is 6.61 Å². The molecule has 3 rings (SSSR count). The number of hydrogen-bond donors (Lipinski definition) is 2. The molecule has 164 valence electrons. The van der Waals surface area contributed by atoms with Gasteiger partial charge in [0.15, 0.2) is 0 Å². The van der Waals surface area contributed by atoms with Gasteiger partial charge in [0.1, 0.15) is 12.6 Å². The maximum absolute atomic E-state index is 12.9. The first kappa shape index (κ1) is 22.7. The van der Waals surface area contributed by atoms with Crippen molar-refractivity contribution in [3.8, 4) is 0 Å². The summed E-state index contributed by atoms with van der Waals surface area (Å²) >= 11 is 0. The molecule has 7 nitrogen and oxygen atoms in total. The molecule has 0 saturated carbocycles. The lowest BCUT2D eigenvalue weighted by Gasteiger charge is -2.32. The van der Waals surface area contributed by atoms with E-state index >= 15 is 0 Å². The van der Waals surface area contributed by atoms with Gasteiger partial charge in [-0.1, -0.05) is 26.0 Å². The van der Waals surface area contributed by atoms with Gasteiger partial charge in [-0.05, 0) is 36.5 Å². The van der Waals surface area contributed by atoms with Crippen molar-refractivity contribution in [1.82, 2.24) is 4.31 Å². The Labute approximate surface area is 174 Å². The molecule has 2 N–H and O–H groups in total. The Morgan fingerprint density at radius 1 is 1.24 bits per heavy atom. The molecule has 2 saturated heterocycles. The van der Waals surface area contributed by atoms with Crippen molar-refractivity contribution >= 4 is 10.0 Å². The maximum atomic E-state index is 12.9. The summed E-state index contributed by atoms with van der Waals surface area (Å²) in [7, 11) is -3.46. The lowest BCUT2D eigenvalue weighted by atomic mass is 10.0. The first-order chi connectivity index (χ1) is 13.9. The molecule has 2 aliphatic rings. The molecule has 0 aromatic heterocycles. The Hall–Kier alpha value is -1.03. The predicted octanol–water partition coefficient (Wildman–Crippen LogP) is 0.256. The maximum Gasteiger partial charge on any atom is 0.243 e. The van der Waals surface area contributed by atoms with E-state index in [-0.39, 0.29) is 6.10 Å². The van der Waals surface area contributed by atoms with Gasteiger partial charge < -0.3 is 19.5 Å². The van der Waals surface area contributed by atoms with Gasteiger partial charge in [-0.15, -0.1) is 0 Å². The van der Waals surface area contributed by atoms with Crippen LogP contribution in [0.15, 0.2) is 29.2 Å². The normalized spacial score (nSPS) is 23.0. The van der Waals surface area contributed by atoms with Crippen LogP contribution in [0.4, 0.5) is 0 Å². The van der Waals surface area contributed by atoms with Gasteiger partial charge >= 0.3 is 0 Å². The van der Waals surface area contributed by atoms with Gasteiger partial charge in [-0.2, -0.15) is 4.31 Å². The van der Waals surface area contributed by atoms with Gasteiger partial charge in [0.25, 0.3) is 0 Å². The third kappa shape index (κ3) is 6.23. The van der Waals surface area contributed by atoms with Gasteiger partial charge in [0.2, 0.25) is 10.0 Å². The summed E-state index contributed by atoms with van der Waals surface area (Å²) in [5, 5.41) is 10.2. The van der Waals surface area contributed by atoms with Crippen molar-refractivity contribution in [2.75, 3.05) is 52.5 Å². The molecule has 2 atom stereocenters. The fourth-order valence-electron chi connectivity index (χ4n) is 3.92. The third-order valence-electron chi connectivity index (χ3n) is 5.78. The Morgan fingerprint density at radius 3 is 2.52 bits per heavy atom. The summed E-state index contributed by atoms with van der Waals surface area (Å²) in [6, 6.07) is 7.20. The minimum absolute atomic E-state index is 0.165. The first-order valence-electron chi connectivity index (χ1n) is 10.7. The number of hydrogen-bond acceptors (Lipinski definition) is 5. The predicted molar refractivity (Wildman–Crippen MR) is 111 cm³/mol. The molecular weight excluding hydrogens is 392 g/mol. The van der Waals surface area contributed by atoms with Crippen molar-refractivity contribution < 1.29 is 27.9 Å². The van der Waals surface area contributed by atoms with Crippen LogP contribution < -0.4 is 4.90 Å². The van der Waals surface area contributed by atoms with E-state index in [2.05, 4.69) is 13.8 Å². The van der Waals surface area contributed by atoms with Crippen molar-refractivity contribution in [3.63, 3.8) is 0 Å². The molecule has 0 spiro atoms. The van der Waals surface area contributed by atoms with E-state index in [0.29, 0.717) is 56.8 Å². The zero-order valence-electron chi connectivity index (χ0n) is 17.5. The van der Waals surface area contributed by atoms with Gasteiger partial charge in [-0.25, -0.2) is 8.42 Å². The van der Waals surface area contributed by atoms with E-state index in [4.69, 9.17) is 9.47 Å². The van der Waals surface area contributed by atoms with Crippen molar-refractivity contribution in [2.24, 2.45) is 0 Å². The van der Waals surface area contributed by atoms with Crippen LogP contribution in [0.25, 0.3) is 0 Å². The molecule has 0 aliphatic carbocycles. The SMILES string of the molecule is CC(C)c1ccc(S(=O)(=O)N2CC[NH+](C[C@@H](O)COC[C@@H]3CCCO3)CC2)cc1. The zero-order valence-corrected chi connectivity index (χ0v) is 18.4. The second-order valence-corrected chi connectivity index (χ2v) is 10.3. The monoisotopic (exact) mass is 427 g/mol. The van der Waals surface area contributed by atoms with Crippen LogP contribution >= 0.6 is 0 Å². The Bertz CT molecular complexity index is 724. The lowest BCUT2D eigenvalue weighted by molar-refractivity contribution is -0.906. The largest absolute Gasteiger partial charge is 0.385 e. The molecule has 2 heterocycles. The highest BCUT2D eigenvalue weighted by Crippen LogP contribution is 2.20. The van der Waals surface area contributed by atoms with Crippen LogP contribution in [-0.4, -0.2) is 82.6 Å². The molecule has 0 radical (unpaired) electrons. The number of benzene rings is 1. The molecule has 0 unspecified atom stereocenters. The summed E-state index contributed by atoms with van der Waals surface area (Å²) in [5.41, 5.74) is 1.13. The molecule has 0 bridgehead atoms. The number of nitrogens with one attached hydrogen (secondary N) is 1. The molecule has 8 heteroatoms. The fraction of sp³-hybridized carbons (Fsp3) is 0.714. The summed E-state index contributed by atoms with van der Waals surface area (Å²) in [5.74, 6) is 0.375. The smallest absolute Gasteiger partial charge is 0.243 e. The number of nitrogens with zero attached hydrogens (tertiary/aromatic N) is 1. The lowest BCUT2D eigenvalue weighted by Crippen LogP contribution is -3.15. The molecule has 1 aromatic rings. The average Bonchev–Trinajstić information content (AvgIpc) is 3.22. The van der Waals surface area contributed by atoms with E-state index in [1.54, 1.807) is 16.4 Å². The Balaban J connectivity index is 1.42. The Morgan fingerprint density at radius 2 is 1.93 bits per heavy atom. The van der Waals surface area contributed by atoms with Crippen molar-refractivity contribution in [3.05, 3.63) is 29.8 Å². The topological polar surface area (TPSA) is 80.5 Å². The number of sulfonamides is 1. The molecule has 2 aliphatic heterocycles. The second-order valence-electron chi connectivity index (χ2n) is 8.41. The van der Waals surface area contributed by atoms with Crippen LogP contribution in [0.2, 0.25) is 0 Å². The number of quaternary nitrogens is 1. The number of piperazine rings is 1. The van der Waals surface area contributed by atoms with E-state index in [0.717, 1.165) is 25.0 Å². The standard InChI is InChI=1S/C21H34N2O5S/c1-17(2)18-5-7-21(8-6-18)29(25,26)23-11-9-22(10-12-23)14-19(24)15-27-16-20-4-3-13-28-20/h5-8,17,19-20,24H,3-4,9-16H2,1-2H3/p+1/t19-,20+/m1/s1. The summed E-state index contributed by atoms with van der Waals surface area (Å²) in [4.78, 5) is 1.56. The minimum atomic E-state index is -3.46. The molecule has 1 aromatic carbocycles. The number of aliphatic hydroxyl groups excluding tert-OH is 1. The number of rotatable bonds is 9. The minimum Gasteiger partial charge on any atom is -0.385 e. The molecule has 2 fully saturated rings. The molecule has 0 amide bonds. The van der Waals surface area contributed by atoms with E-state index < -0.39 is 16.1 Å². The highest BCUT2D eigenvalue weighted by molar-refractivity contribution is 7.89. The van der Waals surface area contributed by atoms with Gasteiger partial charge in [-0.3, -0.25) is 0 Å². The van der Waals surface area contributed by atoms with Crippen LogP contribution in [0.5, 0.6) is 0 Å². The first-order valence-corrected chi connectivity index (χ1v) is 12.1. The molecular formula is C21H35N2O5S+. The van der Waals surface area contributed by atoms with Crippen LogP contribution in [0, 0.1) is 0 Å². The van der Waals surface area contributed by atoms with Crippen LogP contribution in [0.3, 0.4) is 0 Å². The van der Waals surface area contributed by atoms with E-state index in [1.165, 1.54) is 4.90 Å². The van der Waals surface area contributed by atoms with E-state index in [9.17, 15) is 13.5 Å². The summed E-state index contributed by atoms with van der Waals surface area (Å²) < 4.78 is 38.5. The highest BCUT2D eigenvalue weighted by Gasteiger charge is 2.31. The third-order valence-corrected chi connectivity index (χ3v) is 7.69. The fourth-order valence-corrected chi connectivity index (χ4v) is 5.37. The van der Waals surface area contributed by atoms with Crippen LogP contribution in [-0.2, 0) is 19.5 Å². The van der Waals surface area contributed by atoms with Crippen molar-refractivity contribution in [1.29, 1.82) is 0 Å². The van der Waals surface area contributed by atoms with E-state index in [1.807, 2.05) is 12.1 Å². The van der Waals surface area contributed by atoms with Gasteiger partial charge in [0.05, 0.1) is 50.4 Å². The number of ether oxygens (including phenoxy) is 2. The quantitative estimate of drug-likeness (QED) is 0.591. The second kappa shape index (κ2) is 10.3. The average molecular weight is 428 g/mol. The summed E-state index contributed by atoms with van der Waals surface area (Å²) in [6.45, 7) is 8.69.